The van der Waals surface area contributed by atoms with Gasteiger partial charge in [-0.2, -0.15) is 0 Å². The zero-order valence-corrected chi connectivity index (χ0v) is 12.1. The number of amides is 1. The number of rotatable bonds is 6. The number of nitrogens with two attached hydrogens (primary N) is 2. The first-order valence-electron chi connectivity index (χ1n) is 6.39. The first-order valence-corrected chi connectivity index (χ1v) is 6.77. The van der Waals surface area contributed by atoms with Gasteiger partial charge in [0.05, 0.1) is 16.3 Å². The lowest BCUT2D eigenvalue weighted by Crippen LogP contribution is -2.18. The molecule has 0 aromatic heterocycles. The molecular weight excluding hydrogens is 290 g/mol. The fraction of sp³-hybridized carbons (Fsp3) is 0.133. The first kappa shape index (κ1) is 15.0. The van der Waals surface area contributed by atoms with E-state index in [-0.39, 0.29) is 5.56 Å². The number of nitrogens with one attached hydrogen (secondary N) is 1. The Morgan fingerprint density at radius 3 is 2.67 bits per heavy atom. The summed E-state index contributed by atoms with van der Waals surface area (Å²) >= 11 is 5.97. The highest BCUT2D eigenvalue weighted by Gasteiger charge is 2.11. The molecule has 6 heteroatoms. The molecule has 2 rings (SSSR count). The van der Waals surface area contributed by atoms with E-state index < -0.39 is 5.91 Å². The molecule has 0 saturated carbocycles. The normalized spacial score (nSPS) is 10.1. The lowest BCUT2D eigenvalue weighted by molar-refractivity contribution is 0.100. The van der Waals surface area contributed by atoms with Gasteiger partial charge in [0.15, 0.2) is 0 Å². The van der Waals surface area contributed by atoms with Crippen LogP contribution in [0, 0.1) is 0 Å². The van der Waals surface area contributed by atoms with Crippen LogP contribution >= 0.6 is 11.6 Å². The third kappa shape index (κ3) is 3.79. The Balaban J connectivity index is 1.94. The van der Waals surface area contributed by atoms with Crippen LogP contribution < -0.4 is 21.5 Å². The summed E-state index contributed by atoms with van der Waals surface area (Å²) in [5.74, 6) is 0.0526. The molecule has 0 spiro atoms. The highest BCUT2D eigenvalue weighted by molar-refractivity contribution is 6.34. The van der Waals surface area contributed by atoms with E-state index in [0.29, 0.717) is 35.3 Å². The van der Waals surface area contributed by atoms with Crippen molar-refractivity contribution >= 4 is 28.9 Å². The topological polar surface area (TPSA) is 90.4 Å². The third-order valence-electron chi connectivity index (χ3n) is 2.85. The molecule has 0 atom stereocenters. The number of benzene rings is 2. The van der Waals surface area contributed by atoms with Gasteiger partial charge in [-0.25, -0.2) is 0 Å². The molecule has 0 bridgehead atoms. The number of para-hydroxylation sites is 2. The monoisotopic (exact) mass is 305 g/mol. The smallest absolute Gasteiger partial charge is 0.252 e. The molecule has 2 aromatic carbocycles. The van der Waals surface area contributed by atoms with Crippen molar-refractivity contribution in [1.29, 1.82) is 0 Å². The van der Waals surface area contributed by atoms with Gasteiger partial charge in [0.1, 0.15) is 12.4 Å². The molecule has 0 aliphatic carbocycles. The molecule has 110 valence electrons. The molecule has 5 nitrogen and oxygen atoms in total. The maximum atomic E-state index is 11.4. The lowest BCUT2D eigenvalue weighted by atomic mass is 10.1. The van der Waals surface area contributed by atoms with Gasteiger partial charge in [-0.3, -0.25) is 4.79 Å². The van der Waals surface area contributed by atoms with Crippen LogP contribution in [0.25, 0.3) is 0 Å². The SMILES string of the molecule is NC(=O)c1c(Cl)cccc1NCCOc1ccccc1N. The number of hydrogen-bond acceptors (Lipinski definition) is 4. The van der Waals surface area contributed by atoms with E-state index in [1.807, 2.05) is 12.1 Å². The predicted octanol–water partition coefficient (Wildman–Crippen LogP) is 2.51. The van der Waals surface area contributed by atoms with Crippen molar-refractivity contribution in [3.63, 3.8) is 0 Å². The average molecular weight is 306 g/mol. The van der Waals surface area contributed by atoms with Crippen LogP contribution in [-0.2, 0) is 0 Å². The van der Waals surface area contributed by atoms with Crippen LogP contribution in [-0.4, -0.2) is 19.1 Å². The quantitative estimate of drug-likeness (QED) is 0.565. The molecule has 0 aliphatic heterocycles. The molecule has 1 amide bonds. The van der Waals surface area contributed by atoms with Crippen molar-refractivity contribution in [2.24, 2.45) is 5.73 Å². The Labute approximate surface area is 127 Å². The Morgan fingerprint density at radius 2 is 1.95 bits per heavy atom. The summed E-state index contributed by atoms with van der Waals surface area (Å²) in [7, 11) is 0. The summed E-state index contributed by atoms with van der Waals surface area (Å²) in [5.41, 5.74) is 12.5. The fourth-order valence-corrected chi connectivity index (χ4v) is 2.15. The Kier molecular flexibility index (Phi) is 4.90. The second-order valence-corrected chi connectivity index (χ2v) is 4.75. The van der Waals surface area contributed by atoms with Gasteiger partial charge in [0, 0.05) is 12.2 Å². The van der Waals surface area contributed by atoms with E-state index in [0.717, 1.165) is 0 Å². The molecule has 21 heavy (non-hydrogen) atoms. The van der Waals surface area contributed by atoms with Crippen LogP contribution in [0.2, 0.25) is 5.02 Å². The second kappa shape index (κ2) is 6.85. The van der Waals surface area contributed by atoms with Crippen LogP contribution in [0.3, 0.4) is 0 Å². The highest BCUT2D eigenvalue weighted by atomic mass is 35.5. The van der Waals surface area contributed by atoms with E-state index >= 15 is 0 Å². The van der Waals surface area contributed by atoms with Gasteiger partial charge in [-0.15, -0.1) is 0 Å². The van der Waals surface area contributed by atoms with Crippen LogP contribution in [0.5, 0.6) is 5.75 Å². The maximum Gasteiger partial charge on any atom is 0.252 e. The van der Waals surface area contributed by atoms with Gasteiger partial charge < -0.3 is 21.5 Å². The maximum absolute atomic E-state index is 11.4. The number of carbonyl (C=O) groups excluding carboxylic acids is 1. The second-order valence-electron chi connectivity index (χ2n) is 4.34. The van der Waals surface area contributed by atoms with Gasteiger partial charge in [0.2, 0.25) is 0 Å². The number of hydrogen-bond donors (Lipinski definition) is 3. The number of anilines is 2. The van der Waals surface area contributed by atoms with E-state index in [9.17, 15) is 4.79 Å². The molecule has 0 fully saturated rings. The fourth-order valence-electron chi connectivity index (χ4n) is 1.88. The number of nitrogen functional groups attached to an aromatic ring is 1. The Hall–Kier alpha value is -2.40. The summed E-state index contributed by atoms with van der Waals surface area (Å²) in [5, 5.41) is 3.39. The largest absolute Gasteiger partial charge is 0.490 e. The van der Waals surface area contributed by atoms with E-state index in [4.69, 9.17) is 27.8 Å². The average Bonchev–Trinajstić information content (AvgIpc) is 2.45. The van der Waals surface area contributed by atoms with E-state index in [1.54, 1.807) is 30.3 Å². The first-order chi connectivity index (χ1) is 10.1. The highest BCUT2D eigenvalue weighted by Crippen LogP contribution is 2.24. The summed E-state index contributed by atoms with van der Waals surface area (Å²) in [6, 6.07) is 12.4. The Morgan fingerprint density at radius 1 is 1.19 bits per heavy atom. The van der Waals surface area contributed by atoms with Crippen molar-refractivity contribution < 1.29 is 9.53 Å². The van der Waals surface area contributed by atoms with Gasteiger partial charge in [0.25, 0.3) is 5.91 Å². The molecule has 0 aliphatic rings. The zero-order chi connectivity index (χ0) is 15.2. The van der Waals surface area contributed by atoms with Crippen LogP contribution in [0.15, 0.2) is 42.5 Å². The standard InChI is InChI=1S/C15H16ClN3O2/c16-10-4-3-6-12(14(10)15(18)20)19-8-9-21-13-7-2-1-5-11(13)17/h1-7,19H,8-9,17H2,(H2,18,20). The predicted molar refractivity (Wildman–Crippen MR) is 84.8 cm³/mol. The zero-order valence-electron chi connectivity index (χ0n) is 11.3. The molecule has 0 radical (unpaired) electrons. The number of carbonyl (C=O) groups is 1. The van der Waals surface area contributed by atoms with Gasteiger partial charge >= 0.3 is 0 Å². The number of ether oxygens (including phenoxy) is 1. The molecule has 0 heterocycles. The molecule has 0 unspecified atom stereocenters. The van der Waals surface area contributed by atoms with Crippen LogP contribution in [0.4, 0.5) is 11.4 Å². The van der Waals surface area contributed by atoms with Crippen molar-refractivity contribution in [1.82, 2.24) is 0 Å². The summed E-state index contributed by atoms with van der Waals surface area (Å²) in [6.07, 6.45) is 0. The van der Waals surface area contributed by atoms with E-state index in [1.165, 1.54) is 0 Å². The van der Waals surface area contributed by atoms with Gasteiger partial charge in [-0.05, 0) is 24.3 Å². The summed E-state index contributed by atoms with van der Waals surface area (Å²) < 4.78 is 5.55. The molecule has 0 saturated heterocycles. The van der Waals surface area contributed by atoms with Crippen LogP contribution in [0.1, 0.15) is 10.4 Å². The minimum atomic E-state index is -0.573. The third-order valence-corrected chi connectivity index (χ3v) is 3.17. The molecule has 5 N–H and O–H groups in total. The van der Waals surface area contributed by atoms with Crippen molar-refractivity contribution in [2.75, 3.05) is 24.2 Å². The number of primary amides is 1. The number of halogens is 1. The van der Waals surface area contributed by atoms with Crippen molar-refractivity contribution in [2.45, 2.75) is 0 Å². The Bertz CT molecular complexity index is 647. The summed E-state index contributed by atoms with van der Waals surface area (Å²) in [4.78, 5) is 11.4. The molecular formula is C15H16ClN3O2. The van der Waals surface area contributed by atoms with Crippen molar-refractivity contribution in [3.05, 3.63) is 53.1 Å². The minimum absolute atomic E-state index is 0.276. The summed E-state index contributed by atoms with van der Waals surface area (Å²) in [6.45, 7) is 0.869. The van der Waals surface area contributed by atoms with Gasteiger partial charge in [-0.1, -0.05) is 29.8 Å². The van der Waals surface area contributed by atoms with Crippen molar-refractivity contribution in [3.8, 4) is 5.75 Å². The minimum Gasteiger partial charge on any atom is -0.490 e. The molecule has 2 aromatic rings. The van der Waals surface area contributed by atoms with E-state index in [2.05, 4.69) is 5.32 Å². The lowest BCUT2D eigenvalue weighted by Gasteiger charge is -2.12.